The van der Waals surface area contributed by atoms with Crippen LogP contribution in [0, 0.1) is 23.7 Å². The number of phenolic OH excluding ortho intramolecular Hbond substituents is 2. The van der Waals surface area contributed by atoms with E-state index >= 15 is 0 Å². The number of phenols is 2. The molecule has 0 atom stereocenters. The van der Waals surface area contributed by atoms with Gasteiger partial charge >= 0.3 is 0 Å². The van der Waals surface area contributed by atoms with E-state index in [1.54, 1.807) is 24.3 Å². The maximum absolute atomic E-state index is 10.4. The molecule has 2 nitrogen and oxygen atoms in total. The summed E-state index contributed by atoms with van der Waals surface area (Å²) in [6.45, 7) is 0. The zero-order valence-corrected chi connectivity index (χ0v) is 15.0. The molecule has 28 heavy (non-hydrogen) atoms. The third kappa shape index (κ3) is 3.54. The average Bonchev–Trinajstić information content (AvgIpc) is 2.74. The van der Waals surface area contributed by atoms with Gasteiger partial charge in [0.15, 0.2) is 0 Å². The lowest BCUT2D eigenvalue weighted by Crippen LogP contribution is -1.87. The number of fused-ring (bicyclic) bond motifs is 1. The summed E-state index contributed by atoms with van der Waals surface area (Å²) in [6, 6.07) is 25.9. The van der Waals surface area contributed by atoms with Crippen LogP contribution in [0.3, 0.4) is 0 Å². The second kappa shape index (κ2) is 7.62. The molecule has 0 saturated heterocycles. The van der Waals surface area contributed by atoms with Crippen molar-refractivity contribution in [2.75, 3.05) is 0 Å². The van der Waals surface area contributed by atoms with Crippen LogP contribution < -0.4 is 0 Å². The van der Waals surface area contributed by atoms with Gasteiger partial charge in [-0.2, -0.15) is 0 Å². The van der Waals surface area contributed by atoms with Gasteiger partial charge in [0.2, 0.25) is 0 Å². The van der Waals surface area contributed by atoms with E-state index in [4.69, 9.17) is 0 Å². The summed E-state index contributed by atoms with van der Waals surface area (Å²) in [4.78, 5) is 0. The smallest absolute Gasteiger partial charge is 0.131 e. The first-order valence-electron chi connectivity index (χ1n) is 8.84. The lowest BCUT2D eigenvalue weighted by atomic mass is 9.98. The van der Waals surface area contributed by atoms with E-state index in [1.165, 1.54) is 0 Å². The molecule has 4 rings (SSSR count). The zero-order valence-electron chi connectivity index (χ0n) is 15.0. The summed E-state index contributed by atoms with van der Waals surface area (Å²) in [7, 11) is 0. The molecule has 0 saturated carbocycles. The lowest BCUT2D eigenvalue weighted by molar-refractivity contribution is 0.472. The van der Waals surface area contributed by atoms with Crippen molar-refractivity contribution < 1.29 is 10.2 Å². The number of hydrogen-bond donors (Lipinski definition) is 2. The second-order valence-corrected chi connectivity index (χ2v) is 6.25. The highest BCUT2D eigenvalue weighted by Crippen LogP contribution is 2.32. The molecule has 0 radical (unpaired) electrons. The van der Waals surface area contributed by atoms with Crippen molar-refractivity contribution in [1.82, 2.24) is 0 Å². The van der Waals surface area contributed by atoms with Crippen LogP contribution in [-0.2, 0) is 0 Å². The minimum atomic E-state index is 0.101. The SMILES string of the molecule is Oc1ccc2c(C#Cc3ccccc3)c(O)ccc2c1C#Cc1ccccc1. The molecule has 0 aliphatic heterocycles. The lowest BCUT2D eigenvalue weighted by Gasteiger charge is -2.07. The van der Waals surface area contributed by atoms with Crippen molar-refractivity contribution >= 4 is 10.8 Å². The maximum Gasteiger partial charge on any atom is 0.131 e. The highest BCUT2D eigenvalue weighted by atomic mass is 16.3. The first-order valence-corrected chi connectivity index (χ1v) is 8.84. The maximum atomic E-state index is 10.4. The van der Waals surface area contributed by atoms with E-state index in [0.717, 1.165) is 21.9 Å². The predicted molar refractivity (Wildman–Crippen MR) is 112 cm³/mol. The molecule has 0 bridgehead atoms. The largest absolute Gasteiger partial charge is 0.507 e. The van der Waals surface area contributed by atoms with Crippen LogP contribution in [0.4, 0.5) is 0 Å². The molecule has 0 heterocycles. The standard InChI is InChI=1S/C26H16O2/c27-25-17-16-22-21(23(25)13-11-19-7-3-1-4-8-19)15-18-26(28)24(22)14-12-20-9-5-2-6-10-20/h1-10,15-18,27-28H. The molecule has 0 amide bonds. The van der Waals surface area contributed by atoms with E-state index in [-0.39, 0.29) is 11.5 Å². The molecule has 4 aromatic rings. The Bertz CT molecular complexity index is 1160. The Morgan fingerprint density at radius 3 is 1.21 bits per heavy atom. The summed E-state index contributed by atoms with van der Waals surface area (Å²) in [6.07, 6.45) is 0. The van der Waals surface area contributed by atoms with Gasteiger partial charge in [-0.25, -0.2) is 0 Å². The summed E-state index contributed by atoms with van der Waals surface area (Å²) in [5.74, 6) is 12.5. The Morgan fingerprint density at radius 1 is 0.429 bits per heavy atom. The fourth-order valence-electron chi connectivity index (χ4n) is 2.96. The first kappa shape index (κ1) is 17.3. The molecule has 0 fully saturated rings. The summed E-state index contributed by atoms with van der Waals surface area (Å²) < 4.78 is 0. The van der Waals surface area contributed by atoms with Gasteiger partial charge in [0.1, 0.15) is 11.5 Å². The molecule has 0 unspecified atom stereocenters. The minimum absolute atomic E-state index is 0.101. The molecular weight excluding hydrogens is 344 g/mol. The van der Waals surface area contributed by atoms with Gasteiger partial charge in [-0.15, -0.1) is 0 Å². The minimum Gasteiger partial charge on any atom is -0.507 e. The fraction of sp³-hybridized carbons (Fsp3) is 0. The molecule has 2 heteroatoms. The van der Waals surface area contributed by atoms with Crippen molar-refractivity contribution in [3.05, 3.63) is 107 Å². The number of hydrogen-bond acceptors (Lipinski definition) is 2. The number of benzene rings is 4. The van der Waals surface area contributed by atoms with E-state index < -0.39 is 0 Å². The number of rotatable bonds is 0. The van der Waals surface area contributed by atoms with Crippen molar-refractivity contribution in [2.45, 2.75) is 0 Å². The van der Waals surface area contributed by atoms with Gasteiger partial charge in [-0.05, 0) is 48.5 Å². The molecule has 4 aromatic carbocycles. The molecule has 0 aliphatic carbocycles. The molecule has 0 aliphatic rings. The fourth-order valence-corrected chi connectivity index (χ4v) is 2.96. The number of aromatic hydroxyl groups is 2. The third-order valence-corrected chi connectivity index (χ3v) is 4.37. The topological polar surface area (TPSA) is 40.5 Å². The van der Waals surface area contributed by atoms with Crippen molar-refractivity contribution in [2.24, 2.45) is 0 Å². The highest BCUT2D eigenvalue weighted by molar-refractivity contribution is 5.96. The Hall–Kier alpha value is -4.14. The first-order chi connectivity index (χ1) is 13.7. The molecule has 0 spiro atoms. The third-order valence-electron chi connectivity index (χ3n) is 4.37. The second-order valence-electron chi connectivity index (χ2n) is 6.25. The van der Waals surface area contributed by atoms with E-state index in [2.05, 4.69) is 23.7 Å². The van der Waals surface area contributed by atoms with Crippen molar-refractivity contribution in [1.29, 1.82) is 0 Å². The van der Waals surface area contributed by atoms with Gasteiger partial charge in [-0.1, -0.05) is 60.1 Å². The van der Waals surface area contributed by atoms with Gasteiger partial charge in [-0.3, -0.25) is 0 Å². The van der Waals surface area contributed by atoms with Gasteiger partial charge in [0.25, 0.3) is 0 Å². The van der Waals surface area contributed by atoms with Crippen LogP contribution in [0.25, 0.3) is 10.8 Å². The Labute approximate surface area is 163 Å². The zero-order chi connectivity index (χ0) is 19.3. The Balaban J connectivity index is 1.87. The van der Waals surface area contributed by atoms with Crippen LogP contribution >= 0.6 is 0 Å². The van der Waals surface area contributed by atoms with E-state index in [9.17, 15) is 10.2 Å². The Kier molecular flexibility index (Phi) is 4.70. The summed E-state index contributed by atoms with van der Waals surface area (Å²) >= 11 is 0. The van der Waals surface area contributed by atoms with E-state index in [0.29, 0.717) is 11.1 Å². The van der Waals surface area contributed by atoms with Crippen LogP contribution in [0.15, 0.2) is 84.9 Å². The van der Waals surface area contributed by atoms with Crippen LogP contribution in [-0.4, -0.2) is 10.2 Å². The summed E-state index contributed by atoms with van der Waals surface area (Å²) in [5.41, 5.74) is 2.76. The van der Waals surface area contributed by atoms with Gasteiger partial charge in [0.05, 0.1) is 11.1 Å². The molecular formula is C26H16O2. The van der Waals surface area contributed by atoms with E-state index in [1.807, 2.05) is 60.7 Å². The van der Waals surface area contributed by atoms with Gasteiger partial charge in [0, 0.05) is 21.9 Å². The quantitative estimate of drug-likeness (QED) is 0.431. The molecule has 0 aromatic heterocycles. The highest BCUT2D eigenvalue weighted by Gasteiger charge is 2.10. The van der Waals surface area contributed by atoms with Crippen LogP contribution in [0.2, 0.25) is 0 Å². The van der Waals surface area contributed by atoms with Crippen molar-refractivity contribution in [3.63, 3.8) is 0 Å². The summed E-state index contributed by atoms with van der Waals surface area (Å²) in [5, 5.41) is 22.2. The molecule has 132 valence electrons. The average molecular weight is 360 g/mol. The van der Waals surface area contributed by atoms with Crippen molar-refractivity contribution in [3.8, 4) is 35.2 Å². The molecule has 2 N–H and O–H groups in total. The monoisotopic (exact) mass is 360 g/mol. The predicted octanol–water partition coefficient (Wildman–Crippen LogP) is 5.05. The van der Waals surface area contributed by atoms with Crippen LogP contribution in [0.1, 0.15) is 22.3 Å². The normalized spacial score (nSPS) is 9.86. The Morgan fingerprint density at radius 2 is 0.821 bits per heavy atom. The van der Waals surface area contributed by atoms with Gasteiger partial charge < -0.3 is 10.2 Å². The van der Waals surface area contributed by atoms with Crippen LogP contribution in [0.5, 0.6) is 11.5 Å².